The Morgan fingerprint density at radius 3 is 2.59 bits per heavy atom. The predicted octanol–water partition coefficient (Wildman–Crippen LogP) is 1.88. The van der Waals surface area contributed by atoms with Gasteiger partial charge in [0.25, 0.3) is 15.9 Å². The molecule has 0 saturated heterocycles. The first-order valence-corrected chi connectivity index (χ1v) is 8.02. The van der Waals surface area contributed by atoms with Gasteiger partial charge in [-0.05, 0) is 48.0 Å². The first-order chi connectivity index (χ1) is 10.5. The van der Waals surface area contributed by atoms with Crippen LogP contribution in [0, 0.1) is 5.82 Å². The summed E-state index contributed by atoms with van der Waals surface area (Å²) in [7, 11) is -4.04. The molecule has 0 aliphatic carbocycles. The van der Waals surface area contributed by atoms with Crippen molar-refractivity contribution in [3.05, 3.63) is 59.4 Å². The molecular formula is C15H12FNO4S. The molecule has 0 unspecified atom stereocenters. The van der Waals surface area contributed by atoms with Gasteiger partial charge in [0.1, 0.15) is 11.6 Å². The molecule has 1 heterocycles. The molecule has 1 aliphatic heterocycles. The van der Waals surface area contributed by atoms with Crippen molar-refractivity contribution < 1.29 is 22.3 Å². The molecule has 0 bridgehead atoms. The van der Waals surface area contributed by atoms with E-state index in [-0.39, 0.29) is 10.5 Å². The van der Waals surface area contributed by atoms with Crippen LogP contribution in [0.4, 0.5) is 4.39 Å². The first kappa shape index (κ1) is 14.5. The number of ether oxygens (including phenoxy) is 1. The van der Waals surface area contributed by atoms with Gasteiger partial charge in [0, 0.05) is 12.0 Å². The highest BCUT2D eigenvalue weighted by Crippen LogP contribution is 2.26. The summed E-state index contributed by atoms with van der Waals surface area (Å²) in [5.41, 5.74) is 1.10. The van der Waals surface area contributed by atoms with Crippen LogP contribution in [0.5, 0.6) is 5.75 Å². The standard InChI is InChI=1S/C15H12FNO4S/c16-12-2-4-13(5-3-12)22(19,20)17-15(18)11-1-6-14-10(9-11)7-8-21-14/h1-6,9H,7-8H2,(H,17,18). The van der Waals surface area contributed by atoms with Crippen molar-refractivity contribution in [1.29, 1.82) is 0 Å². The number of hydrogen-bond donors (Lipinski definition) is 1. The Labute approximate surface area is 126 Å². The fourth-order valence-corrected chi connectivity index (χ4v) is 3.16. The Balaban J connectivity index is 1.83. The van der Waals surface area contributed by atoms with Crippen LogP contribution in [0.25, 0.3) is 0 Å². The highest BCUT2D eigenvalue weighted by molar-refractivity contribution is 7.90. The molecule has 114 valence electrons. The van der Waals surface area contributed by atoms with E-state index in [9.17, 15) is 17.6 Å². The molecule has 22 heavy (non-hydrogen) atoms. The van der Waals surface area contributed by atoms with E-state index in [1.165, 1.54) is 6.07 Å². The lowest BCUT2D eigenvalue weighted by Gasteiger charge is -2.08. The first-order valence-electron chi connectivity index (χ1n) is 6.54. The SMILES string of the molecule is O=C(NS(=O)(=O)c1ccc(F)cc1)c1ccc2c(c1)CCO2. The minimum Gasteiger partial charge on any atom is -0.493 e. The molecule has 1 amide bonds. The van der Waals surface area contributed by atoms with Crippen LogP contribution >= 0.6 is 0 Å². The Hall–Kier alpha value is -2.41. The molecule has 2 aromatic carbocycles. The topological polar surface area (TPSA) is 72.5 Å². The second-order valence-electron chi connectivity index (χ2n) is 4.81. The normalized spacial score (nSPS) is 13.3. The molecule has 0 fully saturated rings. The lowest BCUT2D eigenvalue weighted by Crippen LogP contribution is -2.30. The Morgan fingerprint density at radius 2 is 1.86 bits per heavy atom. The van der Waals surface area contributed by atoms with Gasteiger partial charge >= 0.3 is 0 Å². The number of rotatable bonds is 3. The van der Waals surface area contributed by atoms with Crippen LogP contribution < -0.4 is 9.46 Å². The fourth-order valence-electron chi connectivity index (χ4n) is 2.18. The smallest absolute Gasteiger partial charge is 0.265 e. The molecule has 0 spiro atoms. The zero-order valence-corrected chi connectivity index (χ0v) is 12.2. The van der Waals surface area contributed by atoms with E-state index >= 15 is 0 Å². The summed E-state index contributed by atoms with van der Waals surface area (Å²) in [6, 6.07) is 8.99. The molecule has 7 heteroatoms. The Bertz CT molecular complexity index is 831. The van der Waals surface area contributed by atoms with Crippen molar-refractivity contribution in [1.82, 2.24) is 4.72 Å². The molecular weight excluding hydrogens is 309 g/mol. The number of nitrogens with one attached hydrogen (secondary N) is 1. The van der Waals surface area contributed by atoms with Crippen LogP contribution in [0.1, 0.15) is 15.9 Å². The molecule has 0 atom stereocenters. The van der Waals surface area contributed by atoms with Crippen molar-refractivity contribution in [2.24, 2.45) is 0 Å². The van der Waals surface area contributed by atoms with Crippen molar-refractivity contribution in [2.45, 2.75) is 11.3 Å². The summed E-state index contributed by atoms with van der Waals surface area (Å²) >= 11 is 0. The maximum absolute atomic E-state index is 12.8. The second kappa shape index (κ2) is 5.42. The lowest BCUT2D eigenvalue weighted by molar-refractivity contribution is 0.0981. The van der Waals surface area contributed by atoms with Gasteiger partial charge in [0.2, 0.25) is 0 Å². The number of benzene rings is 2. The molecule has 1 N–H and O–H groups in total. The molecule has 0 radical (unpaired) electrons. The van der Waals surface area contributed by atoms with Gasteiger partial charge in [-0.25, -0.2) is 17.5 Å². The third-order valence-corrected chi connectivity index (χ3v) is 4.65. The summed E-state index contributed by atoms with van der Waals surface area (Å²) < 4.78 is 44.3. The van der Waals surface area contributed by atoms with E-state index in [0.717, 1.165) is 29.8 Å². The van der Waals surface area contributed by atoms with Gasteiger partial charge in [-0.15, -0.1) is 0 Å². The van der Waals surface area contributed by atoms with Crippen molar-refractivity contribution >= 4 is 15.9 Å². The number of fused-ring (bicyclic) bond motifs is 1. The van der Waals surface area contributed by atoms with Gasteiger partial charge in [0.05, 0.1) is 11.5 Å². The average molecular weight is 321 g/mol. The fraction of sp³-hybridized carbons (Fsp3) is 0.133. The summed E-state index contributed by atoms with van der Waals surface area (Å²) in [6.07, 6.45) is 0.682. The number of carbonyl (C=O) groups is 1. The summed E-state index contributed by atoms with van der Waals surface area (Å²) in [4.78, 5) is 11.9. The molecule has 3 rings (SSSR count). The third kappa shape index (κ3) is 2.80. The average Bonchev–Trinajstić information content (AvgIpc) is 2.94. The van der Waals surface area contributed by atoms with Gasteiger partial charge < -0.3 is 4.74 Å². The molecule has 5 nitrogen and oxygen atoms in total. The number of amides is 1. The van der Waals surface area contributed by atoms with Crippen LogP contribution in [0.3, 0.4) is 0 Å². The van der Waals surface area contributed by atoms with Crippen molar-refractivity contribution in [3.63, 3.8) is 0 Å². The lowest BCUT2D eigenvalue weighted by atomic mass is 10.1. The van der Waals surface area contributed by atoms with Crippen LogP contribution in [0.15, 0.2) is 47.4 Å². The van der Waals surface area contributed by atoms with Crippen LogP contribution in [0.2, 0.25) is 0 Å². The zero-order valence-electron chi connectivity index (χ0n) is 11.4. The monoisotopic (exact) mass is 321 g/mol. The van der Waals surface area contributed by atoms with Crippen molar-refractivity contribution in [3.8, 4) is 5.75 Å². The van der Waals surface area contributed by atoms with Gasteiger partial charge in [-0.2, -0.15) is 0 Å². The number of hydrogen-bond acceptors (Lipinski definition) is 4. The van der Waals surface area contributed by atoms with Crippen molar-refractivity contribution in [2.75, 3.05) is 6.61 Å². The summed E-state index contributed by atoms with van der Waals surface area (Å²) in [6.45, 7) is 0.550. The molecule has 2 aromatic rings. The van der Waals surface area contributed by atoms with Gasteiger partial charge in [0.15, 0.2) is 0 Å². The molecule has 0 saturated carbocycles. The number of carbonyl (C=O) groups excluding carboxylic acids is 1. The minimum atomic E-state index is -4.04. The zero-order chi connectivity index (χ0) is 15.7. The summed E-state index contributed by atoms with van der Waals surface area (Å²) in [5.74, 6) is -0.583. The van der Waals surface area contributed by atoms with E-state index in [1.807, 2.05) is 4.72 Å². The summed E-state index contributed by atoms with van der Waals surface area (Å²) in [5, 5.41) is 0. The van der Waals surface area contributed by atoms with Crippen LogP contribution in [-0.2, 0) is 16.4 Å². The quantitative estimate of drug-likeness (QED) is 0.937. The maximum atomic E-state index is 12.8. The van der Waals surface area contributed by atoms with E-state index < -0.39 is 21.7 Å². The largest absolute Gasteiger partial charge is 0.493 e. The third-order valence-electron chi connectivity index (χ3n) is 3.30. The highest BCUT2D eigenvalue weighted by Gasteiger charge is 2.20. The highest BCUT2D eigenvalue weighted by atomic mass is 32.2. The van der Waals surface area contributed by atoms with Gasteiger partial charge in [-0.1, -0.05) is 0 Å². The Morgan fingerprint density at radius 1 is 1.14 bits per heavy atom. The second-order valence-corrected chi connectivity index (χ2v) is 6.49. The molecule has 1 aliphatic rings. The molecule has 0 aromatic heterocycles. The van der Waals surface area contributed by atoms with Crippen LogP contribution in [-0.4, -0.2) is 20.9 Å². The number of halogens is 1. The van der Waals surface area contributed by atoms with E-state index in [1.54, 1.807) is 12.1 Å². The van der Waals surface area contributed by atoms with E-state index in [0.29, 0.717) is 18.8 Å². The maximum Gasteiger partial charge on any atom is 0.265 e. The Kier molecular flexibility index (Phi) is 3.58. The minimum absolute atomic E-state index is 0.174. The van der Waals surface area contributed by atoms with Gasteiger partial charge in [-0.3, -0.25) is 4.79 Å². The van der Waals surface area contributed by atoms with E-state index in [4.69, 9.17) is 4.74 Å². The van der Waals surface area contributed by atoms with E-state index in [2.05, 4.69) is 0 Å². The predicted molar refractivity (Wildman–Crippen MR) is 76.7 cm³/mol. The number of sulfonamides is 1.